The highest BCUT2D eigenvalue weighted by atomic mass is 16.5. The van der Waals surface area contributed by atoms with E-state index in [9.17, 15) is 4.79 Å². The van der Waals surface area contributed by atoms with Crippen LogP contribution in [0.1, 0.15) is 38.5 Å². The van der Waals surface area contributed by atoms with Gasteiger partial charge in [-0.3, -0.25) is 4.79 Å². The number of amides is 1. The molecule has 1 N–H and O–H groups in total. The van der Waals surface area contributed by atoms with Gasteiger partial charge in [0.1, 0.15) is 0 Å². The SMILES string of the molecule is COCCC1(C(=O)N2CCC(CO)CC2)CCC1. The Hall–Kier alpha value is -0.610. The molecule has 2 rings (SSSR count). The van der Waals surface area contributed by atoms with E-state index in [1.807, 2.05) is 4.90 Å². The van der Waals surface area contributed by atoms with Crippen molar-refractivity contribution in [2.45, 2.75) is 38.5 Å². The smallest absolute Gasteiger partial charge is 0.228 e. The van der Waals surface area contributed by atoms with Crippen LogP contribution in [0.15, 0.2) is 0 Å². The van der Waals surface area contributed by atoms with Crippen LogP contribution in [0.5, 0.6) is 0 Å². The normalized spacial score (nSPS) is 23.8. The Labute approximate surface area is 109 Å². The number of piperidine rings is 1. The van der Waals surface area contributed by atoms with E-state index in [1.54, 1.807) is 7.11 Å². The molecule has 4 nitrogen and oxygen atoms in total. The van der Waals surface area contributed by atoms with Gasteiger partial charge in [-0.15, -0.1) is 0 Å². The minimum absolute atomic E-state index is 0.123. The van der Waals surface area contributed by atoms with Gasteiger partial charge in [-0.05, 0) is 38.0 Å². The fourth-order valence-electron chi connectivity index (χ4n) is 3.13. The van der Waals surface area contributed by atoms with Crippen LogP contribution in [-0.2, 0) is 9.53 Å². The number of nitrogens with zero attached hydrogens (tertiary/aromatic N) is 1. The van der Waals surface area contributed by atoms with Gasteiger partial charge in [-0.25, -0.2) is 0 Å². The van der Waals surface area contributed by atoms with Crippen molar-refractivity contribution >= 4 is 5.91 Å². The Morgan fingerprint density at radius 2 is 2.06 bits per heavy atom. The molecule has 0 spiro atoms. The van der Waals surface area contributed by atoms with E-state index >= 15 is 0 Å². The van der Waals surface area contributed by atoms with Crippen molar-refractivity contribution in [3.63, 3.8) is 0 Å². The van der Waals surface area contributed by atoms with Crippen LogP contribution in [-0.4, -0.2) is 49.3 Å². The number of rotatable bonds is 5. The molecule has 4 heteroatoms. The first-order valence-electron chi connectivity index (χ1n) is 7.11. The van der Waals surface area contributed by atoms with Crippen molar-refractivity contribution in [3.05, 3.63) is 0 Å². The van der Waals surface area contributed by atoms with Crippen molar-refractivity contribution in [1.29, 1.82) is 0 Å². The summed E-state index contributed by atoms with van der Waals surface area (Å²) in [6.45, 7) is 2.58. The lowest BCUT2D eigenvalue weighted by atomic mass is 9.65. The molecule has 1 aliphatic heterocycles. The summed E-state index contributed by atoms with van der Waals surface area (Å²) in [7, 11) is 1.70. The average molecular weight is 255 g/mol. The van der Waals surface area contributed by atoms with Crippen LogP contribution in [0.25, 0.3) is 0 Å². The summed E-state index contributed by atoms with van der Waals surface area (Å²) in [4.78, 5) is 14.6. The van der Waals surface area contributed by atoms with E-state index in [0.717, 1.165) is 45.2 Å². The van der Waals surface area contributed by atoms with Crippen molar-refractivity contribution < 1.29 is 14.6 Å². The number of aliphatic hydroxyl groups is 1. The molecule has 1 heterocycles. The molecule has 1 saturated heterocycles. The number of methoxy groups -OCH3 is 1. The standard InChI is InChI=1S/C14H25NO3/c1-18-10-7-14(5-2-6-14)13(17)15-8-3-12(11-16)4-9-15/h12,16H,2-11H2,1H3. The largest absolute Gasteiger partial charge is 0.396 e. The zero-order valence-corrected chi connectivity index (χ0v) is 11.4. The number of hydrogen-bond donors (Lipinski definition) is 1. The quantitative estimate of drug-likeness (QED) is 0.808. The molecule has 0 aromatic heterocycles. The highest BCUT2D eigenvalue weighted by molar-refractivity contribution is 5.83. The third kappa shape index (κ3) is 2.69. The second-order valence-electron chi connectivity index (χ2n) is 5.79. The molecule has 1 aliphatic carbocycles. The predicted octanol–water partition coefficient (Wildman–Crippen LogP) is 1.42. The van der Waals surface area contributed by atoms with E-state index in [1.165, 1.54) is 6.42 Å². The maximum atomic E-state index is 12.6. The first kappa shape index (κ1) is 13.8. The first-order valence-corrected chi connectivity index (χ1v) is 7.11. The molecule has 0 bridgehead atoms. The predicted molar refractivity (Wildman–Crippen MR) is 69.2 cm³/mol. The van der Waals surface area contributed by atoms with Crippen molar-refractivity contribution in [1.82, 2.24) is 4.90 Å². The molecule has 1 saturated carbocycles. The van der Waals surface area contributed by atoms with Gasteiger partial charge >= 0.3 is 0 Å². The number of carbonyl (C=O) groups excluding carboxylic acids is 1. The van der Waals surface area contributed by atoms with Gasteiger partial charge in [0.05, 0.1) is 5.41 Å². The Balaban J connectivity index is 1.89. The van der Waals surface area contributed by atoms with Crippen molar-refractivity contribution in [2.75, 3.05) is 33.4 Å². The van der Waals surface area contributed by atoms with Gasteiger partial charge in [0.15, 0.2) is 0 Å². The molecule has 1 amide bonds. The first-order chi connectivity index (χ1) is 8.72. The average Bonchev–Trinajstić information content (AvgIpc) is 2.37. The monoisotopic (exact) mass is 255 g/mol. The number of likely N-dealkylation sites (tertiary alicyclic amines) is 1. The van der Waals surface area contributed by atoms with Crippen LogP contribution in [0.3, 0.4) is 0 Å². The van der Waals surface area contributed by atoms with Gasteiger partial charge in [-0.1, -0.05) is 6.42 Å². The summed E-state index contributed by atoms with van der Waals surface area (Å²) in [6.07, 6.45) is 5.97. The van der Waals surface area contributed by atoms with Gasteiger partial charge in [0.25, 0.3) is 0 Å². The molecule has 2 fully saturated rings. The summed E-state index contributed by atoms with van der Waals surface area (Å²) in [5.41, 5.74) is -0.123. The van der Waals surface area contributed by atoms with Crippen LogP contribution >= 0.6 is 0 Å². The summed E-state index contributed by atoms with van der Waals surface area (Å²) >= 11 is 0. The van der Waals surface area contributed by atoms with E-state index < -0.39 is 0 Å². The van der Waals surface area contributed by atoms with E-state index in [-0.39, 0.29) is 12.0 Å². The molecule has 0 aromatic carbocycles. The highest BCUT2D eigenvalue weighted by Crippen LogP contribution is 2.45. The summed E-state index contributed by atoms with van der Waals surface area (Å²) in [5.74, 6) is 0.729. The van der Waals surface area contributed by atoms with Crippen LogP contribution in [0, 0.1) is 11.3 Å². The molecule has 2 aliphatic rings. The van der Waals surface area contributed by atoms with E-state index in [2.05, 4.69) is 0 Å². The topological polar surface area (TPSA) is 49.8 Å². The number of ether oxygens (including phenoxy) is 1. The maximum Gasteiger partial charge on any atom is 0.228 e. The lowest BCUT2D eigenvalue weighted by Crippen LogP contribution is -2.51. The van der Waals surface area contributed by atoms with Crippen molar-refractivity contribution in [2.24, 2.45) is 11.3 Å². The fraction of sp³-hybridized carbons (Fsp3) is 0.929. The Morgan fingerprint density at radius 3 is 2.50 bits per heavy atom. The molecule has 0 aromatic rings. The Kier molecular flexibility index (Phi) is 4.62. The highest BCUT2D eigenvalue weighted by Gasteiger charge is 2.46. The van der Waals surface area contributed by atoms with Crippen LogP contribution < -0.4 is 0 Å². The summed E-state index contributed by atoms with van der Waals surface area (Å²) in [6, 6.07) is 0. The molecule has 0 radical (unpaired) electrons. The fourth-order valence-corrected chi connectivity index (χ4v) is 3.13. The third-order valence-electron chi connectivity index (χ3n) is 4.71. The number of aliphatic hydroxyl groups excluding tert-OH is 1. The van der Waals surface area contributed by atoms with Crippen LogP contribution in [0.2, 0.25) is 0 Å². The number of hydrogen-bond acceptors (Lipinski definition) is 3. The van der Waals surface area contributed by atoms with Gasteiger partial charge in [-0.2, -0.15) is 0 Å². The second-order valence-corrected chi connectivity index (χ2v) is 5.79. The molecule has 104 valence electrons. The number of carbonyl (C=O) groups is 1. The molecular weight excluding hydrogens is 230 g/mol. The van der Waals surface area contributed by atoms with E-state index in [4.69, 9.17) is 9.84 Å². The maximum absolute atomic E-state index is 12.6. The van der Waals surface area contributed by atoms with Crippen LogP contribution in [0.4, 0.5) is 0 Å². The van der Waals surface area contributed by atoms with E-state index in [0.29, 0.717) is 18.4 Å². The van der Waals surface area contributed by atoms with Gasteiger partial charge < -0.3 is 14.7 Å². The zero-order chi connectivity index (χ0) is 13.0. The van der Waals surface area contributed by atoms with Crippen molar-refractivity contribution in [3.8, 4) is 0 Å². The lowest BCUT2D eigenvalue weighted by molar-refractivity contribution is -0.150. The van der Waals surface area contributed by atoms with Gasteiger partial charge in [0.2, 0.25) is 5.91 Å². The zero-order valence-electron chi connectivity index (χ0n) is 11.4. The Morgan fingerprint density at radius 1 is 1.39 bits per heavy atom. The Bertz CT molecular complexity index is 281. The summed E-state index contributed by atoms with van der Waals surface area (Å²) < 4.78 is 5.14. The molecular formula is C14H25NO3. The molecule has 0 unspecified atom stereocenters. The molecule has 0 atom stereocenters. The van der Waals surface area contributed by atoms with Gasteiger partial charge in [0, 0.05) is 33.4 Å². The summed E-state index contributed by atoms with van der Waals surface area (Å²) in [5, 5.41) is 9.13. The molecule has 18 heavy (non-hydrogen) atoms. The minimum atomic E-state index is -0.123. The second kappa shape index (κ2) is 6.02. The third-order valence-corrected chi connectivity index (χ3v) is 4.71. The lowest BCUT2D eigenvalue weighted by Gasteiger charge is -2.45. The minimum Gasteiger partial charge on any atom is -0.396 e.